The summed E-state index contributed by atoms with van der Waals surface area (Å²) in [5, 5.41) is 8.09. The van der Waals surface area contributed by atoms with E-state index in [1.165, 1.54) is 12.1 Å². The first-order valence-electron chi connectivity index (χ1n) is 9.96. The lowest BCUT2D eigenvalue weighted by Crippen LogP contribution is -2.36. The van der Waals surface area contributed by atoms with E-state index in [4.69, 9.17) is 11.6 Å². The van der Waals surface area contributed by atoms with Crippen LogP contribution in [0.15, 0.2) is 47.3 Å². The maximum atomic E-state index is 13.0. The lowest BCUT2D eigenvalue weighted by atomic mass is 9.92. The molecule has 4 N–H and O–H groups in total. The molecule has 2 amide bonds. The van der Waals surface area contributed by atoms with Gasteiger partial charge in [0.25, 0.3) is 5.56 Å². The van der Waals surface area contributed by atoms with Crippen LogP contribution in [0.5, 0.6) is 0 Å². The van der Waals surface area contributed by atoms with Gasteiger partial charge in [-0.1, -0.05) is 23.7 Å². The molecular formula is C22H17ClF3N5O3. The van der Waals surface area contributed by atoms with Gasteiger partial charge in [0.2, 0.25) is 17.8 Å². The molecule has 3 aromatic rings. The van der Waals surface area contributed by atoms with Gasteiger partial charge in [-0.05, 0) is 42.8 Å². The number of benzene rings is 2. The second-order valence-electron chi connectivity index (χ2n) is 7.64. The van der Waals surface area contributed by atoms with Gasteiger partial charge in [0, 0.05) is 22.8 Å². The molecule has 0 saturated heterocycles. The average molecular weight is 492 g/mol. The zero-order chi connectivity index (χ0) is 24.6. The normalized spacial score (nSPS) is 15.3. The van der Waals surface area contributed by atoms with Crippen molar-refractivity contribution in [1.82, 2.24) is 9.97 Å². The van der Waals surface area contributed by atoms with Gasteiger partial charge < -0.3 is 16.0 Å². The Hall–Kier alpha value is -3.86. The van der Waals surface area contributed by atoms with Gasteiger partial charge in [0.1, 0.15) is 5.82 Å². The molecule has 0 spiro atoms. The molecule has 2 aromatic carbocycles. The molecular weight excluding hydrogens is 475 g/mol. The van der Waals surface area contributed by atoms with Gasteiger partial charge in [-0.3, -0.25) is 19.4 Å². The summed E-state index contributed by atoms with van der Waals surface area (Å²) in [4.78, 5) is 44.4. The maximum absolute atomic E-state index is 13.0. The standard InChI is InChI=1S/C22H17ClF3N5O3/c1-10-5-6-13(8-15(10)23)27-19(33)14-9-16(32)29-18-17(14)20(34)31-21(30-18)28-12-4-2-3-11(7-12)22(24,25)26/h2-8,14H,9H2,1H3,(H,27,33)(H3,28,29,30,31,32,34)/t14-/m1/s1. The smallest absolute Gasteiger partial charge is 0.326 e. The third-order valence-electron chi connectivity index (χ3n) is 5.16. The molecule has 1 aliphatic rings. The Balaban J connectivity index is 1.62. The monoisotopic (exact) mass is 491 g/mol. The van der Waals surface area contributed by atoms with E-state index < -0.39 is 35.0 Å². The summed E-state index contributed by atoms with van der Waals surface area (Å²) in [5.74, 6) is -2.64. The number of rotatable bonds is 4. The summed E-state index contributed by atoms with van der Waals surface area (Å²) in [6.07, 6.45) is -4.84. The summed E-state index contributed by atoms with van der Waals surface area (Å²) in [7, 11) is 0. The molecule has 1 atom stereocenters. The second-order valence-corrected chi connectivity index (χ2v) is 8.05. The highest BCUT2D eigenvalue weighted by Gasteiger charge is 2.35. The number of carbonyl (C=O) groups excluding carboxylic acids is 2. The van der Waals surface area contributed by atoms with Crippen LogP contribution >= 0.6 is 11.6 Å². The van der Waals surface area contributed by atoms with Crippen molar-refractivity contribution in [3.8, 4) is 0 Å². The fraction of sp³-hybridized carbons (Fsp3) is 0.182. The quantitative estimate of drug-likeness (QED) is 0.427. The molecule has 4 rings (SSSR count). The van der Waals surface area contributed by atoms with Crippen LogP contribution in [-0.2, 0) is 15.8 Å². The average Bonchev–Trinajstić information content (AvgIpc) is 2.75. The zero-order valence-corrected chi connectivity index (χ0v) is 18.3. The van der Waals surface area contributed by atoms with Crippen molar-refractivity contribution in [2.45, 2.75) is 25.4 Å². The number of aryl methyl sites for hydroxylation is 1. The van der Waals surface area contributed by atoms with Gasteiger partial charge in [-0.15, -0.1) is 0 Å². The molecule has 1 aliphatic heterocycles. The van der Waals surface area contributed by atoms with Crippen LogP contribution < -0.4 is 21.5 Å². The van der Waals surface area contributed by atoms with Crippen molar-refractivity contribution < 1.29 is 22.8 Å². The number of alkyl halides is 3. The Morgan fingerprint density at radius 1 is 1.15 bits per heavy atom. The number of fused-ring (bicyclic) bond motifs is 1. The van der Waals surface area contributed by atoms with E-state index >= 15 is 0 Å². The molecule has 0 unspecified atom stereocenters. The number of hydrogen-bond donors (Lipinski definition) is 4. The van der Waals surface area contributed by atoms with E-state index in [-0.39, 0.29) is 29.4 Å². The fourth-order valence-corrected chi connectivity index (χ4v) is 3.65. The summed E-state index contributed by atoms with van der Waals surface area (Å²) in [5.41, 5.74) is -0.458. The van der Waals surface area contributed by atoms with Crippen molar-refractivity contribution in [2.75, 3.05) is 16.0 Å². The number of anilines is 4. The first-order valence-corrected chi connectivity index (χ1v) is 10.3. The van der Waals surface area contributed by atoms with Gasteiger partial charge >= 0.3 is 6.18 Å². The lowest BCUT2D eigenvalue weighted by molar-refractivity contribution is -0.137. The van der Waals surface area contributed by atoms with Crippen LogP contribution in [0.1, 0.15) is 29.0 Å². The van der Waals surface area contributed by atoms with Crippen LogP contribution in [0.4, 0.5) is 36.3 Å². The van der Waals surface area contributed by atoms with Gasteiger partial charge in [-0.25, -0.2) is 0 Å². The maximum Gasteiger partial charge on any atom is 0.416 e. The molecule has 176 valence electrons. The number of aromatic amines is 1. The third kappa shape index (κ3) is 4.88. The van der Waals surface area contributed by atoms with Crippen LogP contribution in [0.25, 0.3) is 0 Å². The highest BCUT2D eigenvalue weighted by molar-refractivity contribution is 6.31. The Morgan fingerprint density at radius 3 is 2.62 bits per heavy atom. The number of carbonyl (C=O) groups is 2. The molecule has 0 fully saturated rings. The molecule has 0 saturated carbocycles. The van der Waals surface area contributed by atoms with Gasteiger partial charge in [0.05, 0.1) is 17.0 Å². The molecule has 12 heteroatoms. The second kappa shape index (κ2) is 8.82. The lowest BCUT2D eigenvalue weighted by Gasteiger charge is -2.23. The van der Waals surface area contributed by atoms with Crippen LogP contribution in [0, 0.1) is 6.92 Å². The number of H-pyrrole nitrogens is 1. The Bertz CT molecular complexity index is 1360. The molecule has 0 bridgehead atoms. The third-order valence-corrected chi connectivity index (χ3v) is 5.57. The number of nitrogens with zero attached hydrogens (tertiary/aromatic N) is 1. The minimum absolute atomic E-state index is 0.0191. The number of amides is 2. The first-order chi connectivity index (χ1) is 16.0. The Morgan fingerprint density at radius 2 is 1.91 bits per heavy atom. The van der Waals surface area contributed by atoms with Crippen LogP contribution in [-0.4, -0.2) is 21.8 Å². The van der Waals surface area contributed by atoms with E-state index in [1.54, 1.807) is 25.1 Å². The zero-order valence-electron chi connectivity index (χ0n) is 17.5. The number of nitrogens with one attached hydrogen (secondary N) is 4. The van der Waals surface area contributed by atoms with E-state index in [1.807, 2.05) is 0 Å². The van der Waals surface area contributed by atoms with Crippen molar-refractivity contribution >= 4 is 46.6 Å². The van der Waals surface area contributed by atoms with E-state index in [2.05, 4.69) is 25.9 Å². The molecule has 34 heavy (non-hydrogen) atoms. The Labute approximate surface area is 195 Å². The number of halogens is 4. The van der Waals surface area contributed by atoms with E-state index in [9.17, 15) is 27.6 Å². The van der Waals surface area contributed by atoms with Crippen LogP contribution in [0.2, 0.25) is 5.02 Å². The van der Waals surface area contributed by atoms with Gasteiger partial charge in [0.15, 0.2) is 0 Å². The number of hydrogen-bond acceptors (Lipinski definition) is 5. The largest absolute Gasteiger partial charge is 0.416 e. The predicted molar refractivity (Wildman–Crippen MR) is 120 cm³/mol. The summed E-state index contributed by atoms with van der Waals surface area (Å²) in [6.45, 7) is 1.80. The van der Waals surface area contributed by atoms with Crippen molar-refractivity contribution in [3.05, 3.63) is 74.5 Å². The van der Waals surface area contributed by atoms with Crippen molar-refractivity contribution in [1.29, 1.82) is 0 Å². The summed E-state index contributed by atoms with van der Waals surface area (Å²) in [6, 6.07) is 9.19. The molecule has 8 nitrogen and oxygen atoms in total. The molecule has 0 radical (unpaired) electrons. The Kier molecular flexibility index (Phi) is 6.05. The van der Waals surface area contributed by atoms with E-state index in [0.717, 1.165) is 17.7 Å². The van der Waals surface area contributed by atoms with Crippen molar-refractivity contribution in [2.24, 2.45) is 0 Å². The highest BCUT2D eigenvalue weighted by Crippen LogP contribution is 2.33. The minimum Gasteiger partial charge on any atom is -0.326 e. The number of aromatic nitrogens is 2. The first kappa shape index (κ1) is 23.3. The molecule has 1 aromatic heterocycles. The van der Waals surface area contributed by atoms with Gasteiger partial charge in [-0.2, -0.15) is 18.2 Å². The highest BCUT2D eigenvalue weighted by atomic mass is 35.5. The molecule has 0 aliphatic carbocycles. The summed E-state index contributed by atoms with van der Waals surface area (Å²) < 4.78 is 38.9. The molecule has 2 heterocycles. The van der Waals surface area contributed by atoms with Crippen molar-refractivity contribution in [3.63, 3.8) is 0 Å². The van der Waals surface area contributed by atoms with Crippen LogP contribution in [0.3, 0.4) is 0 Å². The minimum atomic E-state index is -4.55. The topological polar surface area (TPSA) is 116 Å². The SMILES string of the molecule is Cc1ccc(NC(=O)[C@@H]2CC(=O)Nc3nc(Nc4cccc(C(F)(F)F)c4)[nH]c(=O)c32)cc1Cl. The fourth-order valence-electron chi connectivity index (χ4n) is 3.46. The van der Waals surface area contributed by atoms with E-state index in [0.29, 0.717) is 10.7 Å². The summed E-state index contributed by atoms with van der Waals surface area (Å²) >= 11 is 6.08. The predicted octanol–water partition coefficient (Wildman–Crippen LogP) is 4.56.